The molecule has 114 valence electrons. The summed E-state index contributed by atoms with van der Waals surface area (Å²) in [7, 11) is -2.30. The number of nitrogens with one attached hydrogen (secondary N) is 2. The van der Waals surface area contributed by atoms with Crippen molar-refractivity contribution in [2.75, 3.05) is 11.8 Å². The number of hydrogen-bond acceptors (Lipinski definition) is 5. The van der Waals surface area contributed by atoms with Crippen LogP contribution in [0.15, 0.2) is 52.2 Å². The van der Waals surface area contributed by atoms with E-state index in [4.69, 9.17) is 4.74 Å². The molecule has 8 heteroatoms. The van der Waals surface area contributed by atoms with E-state index in [1.165, 1.54) is 19.2 Å². The second kappa shape index (κ2) is 5.47. The van der Waals surface area contributed by atoms with E-state index < -0.39 is 10.0 Å². The van der Waals surface area contributed by atoms with Crippen LogP contribution in [0, 0.1) is 0 Å². The van der Waals surface area contributed by atoms with Crippen molar-refractivity contribution >= 4 is 37.3 Å². The number of H-pyrrole nitrogens is 1. The van der Waals surface area contributed by atoms with Gasteiger partial charge in [-0.25, -0.2) is 8.42 Å². The lowest BCUT2D eigenvalue weighted by Crippen LogP contribution is -2.13. The number of para-hydroxylation sites is 2. The molecular weight excluding hydrogens is 324 g/mol. The summed E-state index contributed by atoms with van der Waals surface area (Å²) >= 11 is 0.968. The zero-order chi connectivity index (χ0) is 15.7. The smallest absolute Gasteiger partial charge is 0.305 e. The summed E-state index contributed by atoms with van der Waals surface area (Å²) in [4.78, 5) is 13.8. The van der Waals surface area contributed by atoms with Gasteiger partial charge in [0.15, 0.2) is 0 Å². The van der Waals surface area contributed by atoms with Gasteiger partial charge in [0, 0.05) is 0 Å². The molecule has 0 amide bonds. The Kier molecular flexibility index (Phi) is 3.63. The first-order chi connectivity index (χ1) is 10.5. The van der Waals surface area contributed by atoms with Gasteiger partial charge in [0.1, 0.15) is 5.75 Å². The van der Waals surface area contributed by atoms with Gasteiger partial charge in [-0.15, -0.1) is 0 Å². The zero-order valence-corrected chi connectivity index (χ0v) is 13.1. The van der Waals surface area contributed by atoms with Crippen molar-refractivity contribution in [1.82, 2.24) is 4.98 Å². The highest BCUT2D eigenvalue weighted by atomic mass is 32.2. The number of thiazole rings is 1. The quantitative estimate of drug-likeness (QED) is 0.766. The number of aromatic amines is 1. The Balaban J connectivity index is 2.02. The van der Waals surface area contributed by atoms with E-state index in [2.05, 4.69) is 9.71 Å². The molecule has 0 fully saturated rings. The van der Waals surface area contributed by atoms with Crippen LogP contribution < -0.4 is 14.3 Å². The first kappa shape index (κ1) is 14.6. The molecule has 0 bridgehead atoms. The topological polar surface area (TPSA) is 88.3 Å². The van der Waals surface area contributed by atoms with Crippen LogP contribution in [-0.2, 0) is 10.0 Å². The molecule has 0 aliphatic carbocycles. The second-order valence-corrected chi connectivity index (χ2v) is 7.18. The number of fused-ring (bicyclic) bond motifs is 1. The van der Waals surface area contributed by atoms with E-state index in [0.717, 1.165) is 11.3 Å². The average Bonchev–Trinajstić information content (AvgIpc) is 2.86. The molecule has 2 N–H and O–H groups in total. The van der Waals surface area contributed by atoms with Crippen LogP contribution in [0.4, 0.5) is 5.69 Å². The van der Waals surface area contributed by atoms with E-state index in [1.54, 1.807) is 30.3 Å². The third kappa shape index (κ3) is 2.70. The Morgan fingerprint density at radius 2 is 1.95 bits per heavy atom. The molecule has 0 spiro atoms. The Morgan fingerprint density at radius 1 is 1.18 bits per heavy atom. The number of methoxy groups -OCH3 is 1. The third-order valence-corrected chi connectivity index (χ3v) is 5.26. The summed E-state index contributed by atoms with van der Waals surface area (Å²) in [6.07, 6.45) is 0. The standard InChI is InChI=1S/C14H12N2O4S2/c1-20-12-5-3-2-4-10(12)16-22(18,19)9-6-7-11-13(8-9)21-14(17)15-11/h2-8,16H,1H3,(H,15,17). The van der Waals surface area contributed by atoms with Gasteiger partial charge in [-0.3, -0.25) is 9.52 Å². The second-order valence-electron chi connectivity index (χ2n) is 4.48. The number of hydrogen-bond donors (Lipinski definition) is 2. The molecule has 0 aliphatic rings. The van der Waals surface area contributed by atoms with Crippen LogP contribution in [0.1, 0.15) is 0 Å². The van der Waals surface area contributed by atoms with Crippen LogP contribution in [0.5, 0.6) is 5.75 Å². The summed E-state index contributed by atoms with van der Waals surface area (Å²) in [5.41, 5.74) is 0.971. The third-order valence-electron chi connectivity index (χ3n) is 3.05. The molecule has 0 unspecified atom stereocenters. The van der Waals surface area contributed by atoms with Gasteiger partial charge in [0.2, 0.25) is 0 Å². The van der Waals surface area contributed by atoms with Crippen molar-refractivity contribution in [1.29, 1.82) is 0 Å². The van der Waals surface area contributed by atoms with Crippen molar-refractivity contribution < 1.29 is 13.2 Å². The maximum Gasteiger partial charge on any atom is 0.305 e. The fraction of sp³-hybridized carbons (Fsp3) is 0.0714. The number of anilines is 1. The van der Waals surface area contributed by atoms with Crippen molar-refractivity contribution in [2.45, 2.75) is 4.90 Å². The van der Waals surface area contributed by atoms with Crippen LogP contribution in [0.25, 0.3) is 10.2 Å². The lowest BCUT2D eigenvalue weighted by atomic mass is 10.3. The molecule has 6 nitrogen and oxygen atoms in total. The molecule has 2 aromatic carbocycles. The summed E-state index contributed by atoms with van der Waals surface area (Å²) in [6, 6.07) is 11.2. The molecule has 1 heterocycles. The van der Waals surface area contributed by atoms with Crippen LogP contribution in [-0.4, -0.2) is 20.5 Å². The normalized spacial score (nSPS) is 11.5. The van der Waals surface area contributed by atoms with E-state index in [1.807, 2.05) is 0 Å². The molecule has 22 heavy (non-hydrogen) atoms. The largest absolute Gasteiger partial charge is 0.495 e. The lowest BCUT2D eigenvalue weighted by molar-refractivity contribution is 0.417. The maximum atomic E-state index is 12.5. The predicted molar refractivity (Wildman–Crippen MR) is 86.2 cm³/mol. The number of benzene rings is 2. The highest BCUT2D eigenvalue weighted by Gasteiger charge is 2.17. The van der Waals surface area contributed by atoms with Gasteiger partial charge in [-0.1, -0.05) is 23.5 Å². The first-order valence-corrected chi connectivity index (χ1v) is 8.58. The number of sulfonamides is 1. The molecule has 0 atom stereocenters. The van der Waals surface area contributed by atoms with E-state index in [0.29, 0.717) is 21.7 Å². The van der Waals surface area contributed by atoms with Gasteiger partial charge >= 0.3 is 4.87 Å². The summed E-state index contributed by atoms with van der Waals surface area (Å²) in [5, 5.41) is 0. The SMILES string of the molecule is COc1ccccc1NS(=O)(=O)c1ccc2[nH]c(=O)sc2c1. The molecule has 3 rings (SSSR count). The van der Waals surface area contributed by atoms with E-state index >= 15 is 0 Å². The highest BCUT2D eigenvalue weighted by molar-refractivity contribution is 7.92. The Hall–Kier alpha value is -2.32. The van der Waals surface area contributed by atoms with Gasteiger partial charge in [0.05, 0.1) is 27.9 Å². The van der Waals surface area contributed by atoms with Gasteiger partial charge in [-0.2, -0.15) is 0 Å². The van der Waals surface area contributed by atoms with Crippen LogP contribution in [0.3, 0.4) is 0 Å². The number of ether oxygens (including phenoxy) is 1. The number of aromatic nitrogens is 1. The highest BCUT2D eigenvalue weighted by Crippen LogP contribution is 2.27. The first-order valence-electron chi connectivity index (χ1n) is 6.28. The zero-order valence-electron chi connectivity index (χ0n) is 11.5. The predicted octanol–water partition coefficient (Wildman–Crippen LogP) is 2.40. The Morgan fingerprint density at radius 3 is 2.73 bits per heavy atom. The molecule has 0 aliphatic heterocycles. The minimum absolute atomic E-state index is 0.0844. The number of rotatable bonds is 4. The summed E-state index contributed by atoms with van der Waals surface area (Å²) in [6.45, 7) is 0. The Labute approximate surface area is 130 Å². The Bertz CT molecular complexity index is 989. The van der Waals surface area contributed by atoms with Gasteiger partial charge in [-0.05, 0) is 30.3 Å². The molecule has 0 saturated heterocycles. The van der Waals surface area contributed by atoms with Crippen molar-refractivity contribution in [2.24, 2.45) is 0 Å². The van der Waals surface area contributed by atoms with Crippen molar-refractivity contribution in [3.8, 4) is 5.75 Å². The molecule has 0 radical (unpaired) electrons. The monoisotopic (exact) mass is 336 g/mol. The summed E-state index contributed by atoms with van der Waals surface area (Å²) < 4.78 is 33.1. The summed E-state index contributed by atoms with van der Waals surface area (Å²) in [5.74, 6) is 0.429. The van der Waals surface area contributed by atoms with Crippen LogP contribution in [0.2, 0.25) is 0 Å². The minimum atomic E-state index is -3.77. The van der Waals surface area contributed by atoms with Crippen LogP contribution >= 0.6 is 11.3 Å². The van der Waals surface area contributed by atoms with Crippen molar-refractivity contribution in [3.05, 3.63) is 52.1 Å². The maximum absolute atomic E-state index is 12.5. The molecule has 3 aromatic rings. The van der Waals surface area contributed by atoms with Crippen molar-refractivity contribution in [3.63, 3.8) is 0 Å². The average molecular weight is 336 g/mol. The molecule has 0 saturated carbocycles. The minimum Gasteiger partial charge on any atom is -0.495 e. The van der Waals surface area contributed by atoms with E-state index in [9.17, 15) is 13.2 Å². The fourth-order valence-electron chi connectivity index (χ4n) is 2.03. The van der Waals surface area contributed by atoms with Gasteiger partial charge < -0.3 is 9.72 Å². The van der Waals surface area contributed by atoms with Gasteiger partial charge in [0.25, 0.3) is 10.0 Å². The lowest BCUT2D eigenvalue weighted by Gasteiger charge is -2.11. The molecular formula is C14H12N2O4S2. The fourth-order valence-corrected chi connectivity index (χ4v) is 3.97. The molecule has 1 aromatic heterocycles. The van der Waals surface area contributed by atoms with E-state index in [-0.39, 0.29) is 9.77 Å².